The summed E-state index contributed by atoms with van der Waals surface area (Å²) in [6, 6.07) is 4.96. The molecule has 0 aliphatic carbocycles. The predicted octanol–water partition coefficient (Wildman–Crippen LogP) is 0.721. The second kappa shape index (κ2) is 3.06. The highest BCUT2D eigenvalue weighted by Crippen LogP contribution is 2.13. The third kappa shape index (κ3) is 1.78. The van der Waals surface area contributed by atoms with Crippen molar-refractivity contribution in [3.8, 4) is 0 Å². The summed E-state index contributed by atoms with van der Waals surface area (Å²) in [6.45, 7) is 0. The largest absolute Gasteiger partial charge is 0.469 e. The van der Waals surface area contributed by atoms with Gasteiger partial charge < -0.3 is 10.8 Å². The third-order valence-corrected chi connectivity index (χ3v) is 2.77. The maximum Gasteiger partial charge on any atom is 0.427 e. The first-order chi connectivity index (χ1) is 5.94. The second-order valence-electron chi connectivity index (χ2n) is 2.34. The quantitative estimate of drug-likeness (QED) is 0.652. The monoisotopic (exact) mass is 201 g/mol. The topological polar surface area (TPSA) is 97.5 Å². The van der Waals surface area contributed by atoms with E-state index in [1.165, 1.54) is 12.1 Å². The highest BCUT2D eigenvalue weighted by molar-refractivity contribution is 8.05. The standard InChI is InChI=1S/C7H7NO4S/c8-5-1-3-6(4-2-5)13(11,12)7(9)10/h1-4H,8H2,(H,9,10). The minimum atomic E-state index is -4.23. The van der Waals surface area contributed by atoms with Gasteiger partial charge in [-0.3, -0.25) is 0 Å². The van der Waals surface area contributed by atoms with E-state index in [0.29, 0.717) is 5.69 Å². The van der Waals surface area contributed by atoms with Crippen molar-refractivity contribution in [3.63, 3.8) is 0 Å². The molecule has 0 fully saturated rings. The molecule has 70 valence electrons. The Morgan fingerprint density at radius 3 is 2.08 bits per heavy atom. The Labute approximate surface area is 74.7 Å². The molecule has 0 saturated heterocycles. The van der Waals surface area contributed by atoms with Crippen LogP contribution in [0.25, 0.3) is 0 Å². The highest BCUT2D eigenvalue weighted by Gasteiger charge is 2.23. The van der Waals surface area contributed by atoms with E-state index in [0.717, 1.165) is 12.1 Å². The lowest BCUT2D eigenvalue weighted by atomic mass is 10.3. The summed E-state index contributed by atoms with van der Waals surface area (Å²) in [4.78, 5) is 10.0. The number of carbonyl (C=O) groups is 1. The molecule has 5 nitrogen and oxygen atoms in total. The van der Waals surface area contributed by atoms with Gasteiger partial charge in [0.25, 0.3) is 9.84 Å². The molecule has 0 spiro atoms. The Bertz CT molecular complexity index is 420. The van der Waals surface area contributed by atoms with E-state index < -0.39 is 15.1 Å². The lowest BCUT2D eigenvalue weighted by molar-refractivity contribution is 0.219. The zero-order valence-electron chi connectivity index (χ0n) is 6.47. The molecule has 6 heteroatoms. The average molecular weight is 201 g/mol. The van der Waals surface area contributed by atoms with Gasteiger partial charge in [0.15, 0.2) is 0 Å². The Balaban J connectivity index is 3.25. The molecule has 13 heavy (non-hydrogen) atoms. The molecule has 0 amide bonds. The number of sulfone groups is 1. The number of hydrogen-bond donors (Lipinski definition) is 2. The van der Waals surface area contributed by atoms with Crippen molar-refractivity contribution in [1.29, 1.82) is 0 Å². The number of benzene rings is 1. The molecule has 0 heterocycles. The molecule has 0 aliphatic heterocycles. The smallest absolute Gasteiger partial charge is 0.427 e. The zero-order chi connectivity index (χ0) is 10.1. The van der Waals surface area contributed by atoms with Crippen LogP contribution in [0, 0.1) is 0 Å². The van der Waals surface area contributed by atoms with Crippen LogP contribution in [0.5, 0.6) is 0 Å². The van der Waals surface area contributed by atoms with Crippen molar-refractivity contribution in [1.82, 2.24) is 0 Å². The number of nitrogens with two attached hydrogens (primary N) is 1. The predicted molar refractivity (Wildman–Crippen MR) is 46.1 cm³/mol. The van der Waals surface area contributed by atoms with E-state index in [2.05, 4.69) is 0 Å². The van der Waals surface area contributed by atoms with E-state index in [9.17, 15) is 13.2 Å². The van der Waals surface area contributed by atoms with Crippen LogP contribution in [0.1, 0.15) is 0 Å². The van der Waals surface area contributed by atoms with Gasteiger partial charge in [0.05, 0.1) is 4.90 Å². The minimum absolute atomic E-state index is 0.269. The fourth-order valence-corrected chi connectivity index (χ4v) is 1.44. The van der Waals surface area contributed by atoms with Gasteiger partial charge in [-0.2, -0.15) is 0 Å². The summed E-state index contributed by atoms with van der Waals surface area (Å²) in [6.07, 6.45) is 0. The first-order valence-electron chi connectivity index (χ1n) is 3.28. The van der Waals surface area contributed by atoms with Gasteiger partial charge in [0, 0.05) is 5.69 Å². The molecule has 1 aromatic rings. The Kier molecular flexibility index (Phi) is 2.24. The number of hydrogen-bond acceptors (Lipinski definition) is 4. The first kappa shape index (κ1) is 9.53. The molecular formula is C7H7NO4S. The number of anilines is 1. The SMILES string of the molecule is Nc1ccc(S(=O)(=O)C(=O)O)cc1. The van der Waals surface area contributed by atoms with Crippen LogP contribution in [0.15, 0.2) is 29.2 Å². The Morgan fingerprint density at radius 1 is 1.23 bits per heavy atom. The molecule has 3 N–H and O–H groups in total. The van der Waals surface area contributed by atoms with Crippen LogP contribution < -0.4 is 5.73 Å². The van der Waals surface area contributed by atoms with Gasteiger partial charge in [-0.25, -0.2) is 13.2 Å². The van der Waals surface area contributed by atoms with Crippen LogP contribution >= 0.6 is 0 Å². The normalized spacial score (nSPS) is 11.1. The molecule has 0 aliphatic rings. The lowest BCUT2D eigenvalue weighted by Crippen LogP contribution is -2.11. The molecule has 0 saturated carbocycles. The van der Waals surface area contributed by atoms with Gasteiger partial charge in [-0.1, -0.05) is 0 Å². The van der Waals surface area contributed by atoms with Gasteiger partial charge >= 0.3 is 5.30 Å². The lowest BCUT2D eigenvalue weighted by Gasteiger charge is -1.98. The van der Waals surface area contributed by atoms with Crippen LogP contribution in [0.4, 0.5) is 10.5 Å². The maximum atomic E-state index is 11.0. The minimum Gasteiger partial charge on any atom is -0.469 e. The molecule has 0 atom stereocenters. The molecule has 0 aromatic heterocycles. The van der Waals surface area contributed by atoms with E-state index >= 15 is 0 Å². The number of rotatable bonds is 1. The van der Waals surface area contributed by atoms with Crippen molar-refractivity contribution in [2.45, 2.75) is 4.90 Å². The van der Waals surface area contributed by atoms with E-state index in [1.54, 1.807) is 0 Å². The molecule has 1 rings (SSSR count). The second-order valence-corrected chi connectivity index (χ2v) is 4.17. The summed E-state index contributed by atoms with van der Waals surface area (Å²) >= 11 is 0. The summed E-state index contributed by atoms with van der Waals surface area (Å²) in [7, 11) is -4.23. The van der Waals surface area contributed by atoms with Crippen molar-refractivity contribution in [2.24, 2.45) is 0 Å². The fourth-order valence-electron chi connectivity index (χ4n) is 0.748. The zero-order valence-corrected chi connectivity index (χ0v) is 7.28. The first-order valence-corrected chi connectivity index (χ1v) is 4.76. The number of nitrogen functional groups attached to an aromatic ring is 1. The van der Waals surface area contributed by atoms with Gasteiger partial charge in [0.1, 0.15) is 0 Å². The molecule has 0 unspecified atom stereocenters. The van der Waals surface area contributed by atoms with E-state index in [4.69, 9.17) is 10.8 Å². The Hall–Kier alpha value is -1.56. The van der Waals surface area contributed by atoms with E-state index in [-0.39, 0.29) is 4.90 Å². The van der Waals surface area contributed by atoms with Crippen molar-refractivity contribution in [2.75, 3.05) is 5.73 Å². The van der Waals surface area contributed by atoms with Gasteiger partial charge in [-0.15, -0.1) is 0 Å². The van der Waals surface area contributed by atoms with Gasteiger partial charge in [0.2, 0.25) is 0 Å². The summed E-state index contributed by atoms with van der Waals surface area (Å²) in [5.41, 5.74) is 5.68. The van der Waals surface area contributed by atoms with Crippen LogP contribution in [0.2, 0.25) is 0 Å². The highest BCUT2D eigenvalue weighted by atomic mass is 32.2. The van der Waals surface area contributed by atoms with Crippen LogP contribution in [-0.4, -0.2) is 18.8 Å². The summed E-state index contributed by atoms with van der Waals surface area (Å²) in [5, 5.41) is 6.48. The number of carboxylic acid groups (broad SMARTS) is 1. The average Bonchev–Trinajstić information content (AvgIpc) is 2.04. The van der Waals surface area contributed by atoms with Crippen molar-refractivity contribution in [3.05, 3.63) is 24.3 Å². The molecule has 0 bridgehead atoms. The van der Waals surface area contributed by atoms with Crippen LogP contribution in [0.3, 0.4) is 0 Å². The summed E-state index contributed by atoms with van der Waals surface area (Å²) < 4.78 is 22.0. The third-order valence-electron chi connectivity index (χ3n) is 1.42. The fraction of sp³-hybridized carbons (Fsp3) is 0. The van der Waals surface area contributed by atoms with Gasteiger partial charge in [-0.05, 0) is 24.3 Å². The molecular weight excluding hydrogens is 194 g/mol. The van der Waals surface area contributed by atoms with Crippen molar-refractivity contribution < 1.29 is 18.3 Å². The molecule has 0 radical (unpaired) electrons. The maximum absolute atomic E-state index is 11.0. The summed E-state index contributed by atoms with van der Waals surface area (Å²) in [5.74, 6) is 0. The van der Waals surface area contributed by atoms with Crippen LogP contribution in [-0.2, 0) is 9.84 Å². The Morgan fingerprint density at radius 2 is 1.69 bits per heavy atom. The molecule has 1 aromatic carbocycles. The van der Waals surface area contributed by atoms with Crippen molar-refractivity contribution >= 4 is 20.8 Å². The van der Waals surface area contributed by atoms with E-state index in [1.807, 2.05) is 0 Å².